The third-order valence-electron chi connectivity index (χ3n) is 1.89. The molecule has 1 amide bonds. The van der Waals surface area contributed by atoms with E-state index in [0.29, 0.717) is 5.92 Å². The van der Waals surface area contributed by atoms with Gasteiger partial charge in [0.1, 0.15) is 6.61 Å². The minimum Gasteiger partial charge on any atom is -0.375 e. The fourth-order valence-corrected chi connectivity index (χ4v) is 2.47. The second kappa shape index (κ2) is 5.43. The van der Waals surface area contributed by atoms with Crippen LogP contribution in [-0.4, -0.2) is 37.7 Å². The Bertz CT molecular complexity index is 146. The van der Waals surface area contributed by atoms with Crippen LogP contribution in [0.1, 0.15) is 6.42 Å². The molecule has 1 N–H and O–H groups in total. The minimum absolute atomic E-state index is 0.00519. The van der Waals surface area contributed by atoms with Crippen LogP contribution < -0.4 is 5.32 Å². The first kappa shape index (κ1) is 9.86. The van der Waals surface area contributed by atoms with Crippen molar-refractivity contribution in [2.45, 2.75) is 6.42 Å². The molecule has 0 saturated carbocycles. The van der Waals surface area contributed by atoms with E-state index in [2.05, 4.69) is 5.32 Å². The number of methoxy groups -OCH3 is 1. The highest BCUT2D eigenvalue weighted by Gasteiger charge is 2.15. The van der Waals surface area contributed by atoms with E-state index in [1.807, 2.05) is 11.8 Å². The molecule has 1 aliphatic heterocycles. The van der Waals surface area contributed by atoms with Gasteiger partial charge in [0.05, 0.1) is 0 Å². The summed E-state index contributed by atoms with van der Waals surface area (Å²) in [5, 5.41) is 2.85. The molecular formula is C8H15NO2S. The zero-order chi connectivity index (χ0) is 8.81. The molecule has 1 unspecified atom stereocenters. The van der Waals surface area contributed by atoms with Gasteiger partial charge in [-0.2, -0.15) is 11.8 Å². The van der Waals surface area contributed by atoms with E-state index in [4.69, 9.17) is 4.74 Å². The molecule has 1 atom stereocenters. The second-order valence-corrected chi connectivity index (χ2v) is 4.12. The summed E-state index contributed by atoms with van der Waals surface area (Å²) in [6, 6.07) is 0. The van der Waals surface area contributed by atoms with Gasteiger partial charge in [0.25, 0.3) is 0 Å². The average molecular weight is 189 g/mol. The van der Waals surface area contributed by atoms with Crippen LogP contribution in [0.25, 0.3) is 0 Å². The lowest BCUT2D eigenvalue weighted by Gasteiger charge is -2.08. The number of thioether (sulfide) groups is 1. The Morgan fingerprint density at radius 2 is 2.58 bits per heavy atom. The predicted molar refractivity (Wildman–Crippen MR) is 50.3 cm³/mol. The first-order chi connectivity index (χ1) is 5.83. The van der Waals surface area contributed by atoms with Gasteiger partial charge < -0.3 is 10.1 Å². The Hall–Kier alpha value is -0.220. The number of hydrogen-bond acceptors (Lipinski definition) is 3. The normalized spacial score (nSPS) is 22.6. The SMILES string of the molecule is COCC(=O)NCC1CCSC1. The molecule has 1 heterocycles. The molecule has 0 radical (unpaired) electrons. The lowest BCUT2D eigenvalue weighted by Crippen LogP contribution is -2.31. The van der Waals surface area contributed by atoms with E-state index in [0.717, 1.165) is 6.54 Å². The van der Waals surface area contributed by atoms with Crippen LogP contribution in [0.2, 0.25) is 0 Å². The summed E-state index contributed by atoms with van der Waals surface area (Å²) < 4.78 is 4.70. The number of ether oxygens (including phenoxy) is 1. The number of hydrogen-bond donors (Lipinski definition) is 1. The summed E-state index contributed by atoms with van der Waals surface area (Å²) >= 11 is 1.96. The van der Waals surface area contributed by atoms with Gasteiger partial charge in [-0.15, -0.1) is 0 Å². The van der Waals surface area contributed by atoms with E-state index in [-0.39, 0.29) is 12.5 Å². The fourth-order valence-electron chi connectivity index (χ4n) is 1.18. The van der Waals surface area contributed by atoms with Gasteiger partial charge in [0, 0.05) is 13.7 Å². The molecule has 0 aromatic heterocycles. The summed E-state index contributed by atoms with van der Waals surface area (Å²) in [5.41, 5.74) is 0. The van der Waals surface area contributed by atoms with Crippen LogP contribution in [0.4, 0.5) is 0 Å². The monoisotopic (exact) mass is 189 g/mol. The molecule has 0 bridgehead atoms. The van der Waals surface area contributed by atoms with Crippen molar-refractivity contribution in [2.24, 2.45) is 5.92 Å². The van der Waals surface area contributed by atoms with E-state index in [9.17, 15) is 4.79 Å². The highest BCUT2D eigenvalue weighted by Crippen LogP contribution is 2.22. The van der Waals surface area contributed by atoms with Gasteiger partial charge in [-0.1, -0.05) is 0 Å². The summed E-state index contributed by atoms with van der Waals surface area (Å²) in [5.74, 6) is 3.10. The van der Waals surface area contributed by atoms with Crippen molar-refractivity contribution >= 4 is 17.7 Å². The molecule has 0 aromatic rings. The number of nitrogens with one attached hydrogen (secondary N) is 1. The van der Waals surface area contributed by atoms with Gasteiger partial charge in [0.15, 0.2) is 0 Å². The van der Waals surface area contributed by atoms with Crippen LogP contribution in [-0.2, 0) is 9.53 Å². The van der Waals surface area contributed by atoms with Crippen molar-refractivity contribution in [2.75, 3.05) is 31.8 Å². The van der Waals surface area contributed by atoms with Gasteiger partial charge in [-0.25, -0.2) is 0 Å². The zero-order valence-electron chi connectivity index (χ0n) is 7.34. The second-order valence-electron chi connectivity index (χ2n) is 2.97. The van der Waals surface area contributed by atoms with Crippen molar-refractivity contribution < 1.29 is 9.53 Å². The Balaban J connectivity index is 2.03. The highest BCUT2D eigenvalue weighted by atomic mass is 32.2. The van der Waals surface area contributed by atoms with Crippen LogP contribution in [0, 0.1) is 5.92 Å². The van der Waals surface area contributed by atoms with Crippen LogP contribution in [0.15, 0.2) is 0 Å². The van der Waals surface area contributed by atoms with Gasteiger partial charge >= 0.3 is 0 Å². The van der Waals surface area contributed by atoms with Crippen molar-refractivity contribution in [1.29, 1.82) is 0 Å². The summed E-state index contributed by atoms with van der Waals surface area (Å²) in [7, 11) is 1.53. The maximum Gasteiger partial charge on any atom is 0.245 e. The Morgan fingerprint density at radius 3 is 3.17 bits per heavy atom. The molecule has 12 heavy (non-hydrogen) atoms. The van der Waals surface area contributed by atoms with Crippen molar-refractivity contribution in [1.82, 2.24) is 5.32 Å². The first-order valence-electron chi connectivity index (χ1n) is 4.16. The molecule has 0 aromatic carbocycles. The summed E-state index contributed by atoms with van der Waals surface area (Å²) in [6.07, 6.45) is 1.23. The molecule has 3 nitrogen and oxygen atoms in total. The average Bonchev–Trinajstić information content (AvgIpc) is 2.53. The Kier molecular flexibility index (Phi) is 4.46. The number of rotatable bonds is 4. The maximum atomic E-state index is 11.0. The lowest BCUT2D eigenvalue weighted by molar-refractivity contribution is -0.124. The lowest BCUT2D eigenvalue weighted by atomic mass is 10.1. The van der Waals surface area contributed by atoms with Crippen molar-refractivity contribution in [3.63, 3.8) is 0 Å². The third kappa shape index (κ3) is 3.45. The van der Waals surface area contributed by atoms with Gasteiger partial charge in [-0.05, 0) is 23.8 Å². The van der Waals surface area contributed by atoms with E-state index in [1.165, 1.54) is 25.0 Å². The molecule has 4 heteroatoms. The maximum absolute atomic E-state index is 11.0. The number of amides is 1. The zero-order valence-corrected chi connectivity index (χ0v) is 8.15. The Morgan fingerprint density at radius 1 is 1.75 bits per heavy atom. The molecule has 1 fully saturated rings. The molecular weight excluding hydrogens is 174 g/mol. The number of carbonyl (C=O) groups excluding carboxylic acids is 1. The highest BCUT2D eigenvalue weighted by molar-refractivity contribution is 7.99. The summed E-state index contributed by atoms with van der Waals surface area (Å²) in [4.78, 5) is 11.0. The number of carbonyl (C=O) groups is 1. The van der Waals surface area contributed by atoms with Crippen molar-refractivity contribution in [3.05, 3.63) is 0 Å². The van der Waals surface area contributed by atoms with E-state index < -0.39 is 0 Å². The van der Waals surface area contributed by atoms with Crippen molar-refractivity contribution in [3.8, 4) is 0 Å². The smallest absolute Gasteiger partial charge is 0.245 e. The van der Waals surface area contributed by atoms with Crippen LogP contribution in [0.5, 0.6) is 0 Å². The molecule has 1 saturated heterocycles. The largest absolute Gasteiger partial charge is 0.375 e. The van der Waals surface area contributed by atoms with E-state index in [1.54, 1.807) is 0 Å². The van der Waals surface area contributed by atoms with Crippen LogP contribution >= 0.6 is 11.8 Å². The molecule has 0 aliphatic carbocycles. The molecule has 0 spiro atoms. The quantitative estimate of drug-likeness (QED) is 0.700. The Labute approximate surface area is 77.2 Å². The molecule has 1 aliphatic rings. The topological polar surface area (TPSA) is 38.3 Å². The van der Waals surface area contributed by atoms with Crippen LogP contribution in [0.3, 0.4) is 0 Å². The molecule has 70 valence electrons. The summed E-state index contributed by atoms with van der Waals surface area (Å²) in [6.45, 7) is 0.995. The fraction of sp³-hybridized carbons (Fsp3) is 0.875. The predicted octanol–water partition coefficient (Wildman–Crippen LogP) is 0.502. The van der Waals surface area contributed by atoms with Gasteiger partial charge in [0.2, 0.25) is 5.91 Å². The molecule has 1 rings (SSSR count). The van der Waals surface area contributed by atoms with E-state index >= 15 is 0 Å². The third-order valence-corrected chi connectivity index (χ3v) is 3.12. The first-order valence-corrected chi connectivity index (χ1v) is 5.31. The standard InChI is InChI=1S/C8H15NO2S/c1-11-5-8(10)9-4-7-2-3-12-6-7/h7H,2-6H2,1H3,(H,9,10). The minimum atomic E-state index is -0.00519. The van der Waals surface area contributed by atoms with Gasteiger partial charge in [-0.3, -0.25) is 4.79 Å².